The Morgan fingerprint density at radius 3 is 2.76 bits per heavy atom. The van der Waals surface area contributed by atoms with Gasteiger partial charge in [-0.3, -0.25) is 10.1 Å². The zero-order valence-corrected chi connectivity index (χ0v) is 11.9. The molecule has 0 bridgehead atoms. The molecule has 0 atom stereocenters. The van der Waals surface area contributed by atoms with E-state index in [1.54, 1.807) is 31.2 Å². The van der Waals surface area contributed by atoms with Gasteiger partial charge in [0.15, 0.2) is 0 Å². The van der Waals surface area contributed by atoms with Gasteiger partial charge in [0.25, 0.3) is 5.69 Å². The lowest BCUT2D eigenvalue weighted by atomic mass is 10.1. The summed E-state index contributed by atoms with van der Waals surface area (Å²) in [6, 6.07) is 11.5. The molecule has 0 unspecified atom stereocenters. The van der Waals surface area contributed by atoms with E-state index in [2.05, 4.69) is 0 Å². The van der Waals surface area contributed by atoms with Gasteiger partial charge in [0, 0.05) is 11.6 Å². The second-order valence-corrected chi connectivity index (χ2v) is 4.77. The van der Waals surface area contributed by atoms with E-state index in [1.165, 1.54) is 12.1 Å². The van der Waals surface area contributed by atoms with Crippen molar-refractivity contribution in [3.8, 4) is 11.8 Å². The van der Waals surface area contributed by atoms with E-state index >= 15 is 0 Å². The second kappa shape index (κ2) is 6.25. The molecule has 0 aliphatic rings. The third kappa shape index (κ3) is 3.30. The van der Waals surface area contributed by atoms with Crippen molar-refractivity contribution in [2.75, 3.05) is 0 Å². The number of rotatable bonds is 4. The van der Waals surface area contributed by atoms with Crippen molar-refractivity contribution in [3.63, 3.8) is 0 Å². The largest absolute Gasteiger partial charge is 0.487 e. The summed E-state index contributed by atoms with van der Waals surface area (Å²) in [6.07, 6.45) is 0. The minimum Gasteiger partial charge on any atom is -0.487 e. The van der Waals surface area contributed by atoms with Gasteiger partial charge in [0.2, 0.25) is 0 Å². The van der Waals surface area contributed by atoms with Crippen molar-refractivity contribution in [1.29, 1.82) is 5.26 Å². The average Bonchev–Trinajstić information content (AvgIpc) is 2.46. The predicted octanol–water partition coefficient (Wildman–Crippen LogP) is 4.01. The van der Waals surface area contributed by atoms with Crippen LogP contribution in [0.3, 0.4) is 0 Å². The van der Waals surface area contributed by atoms with Crippen LogP contribution >= 0.6 is 11.6 Å². The first-order valence-corrected chi connectivity index (χ1v) is 6.46. The molecule has 106 valence electrons. The van der Waals surface area contributed by atoms with E-state index in [0.29, 0.717) is 27.5 Å². The highest BCUT2D eigenvalue weighted by Crippen LogP contribution is 2.27. The van der Waals surface area contributed by atoms with Gasteiger partial charge in [-0.1, -0.05) is 23.7 Å². The van der Waals surface area contributed by atoms with E-state index in [4.69, 9.17) is 21.6 Å². The topological polar surface area (TPSA) is 76.2 Å². The first-order valence-electron chi connectivity index (χ1n) is 6.08. The maximum Gasteiger partial charge on any atom is 0.272 e. The Hall–Kier alpha value is -2.58. The van der Waals surface area contributed by atoms with Crippen LogP contribution in [0.2, 0.25) is 5.02 Å². The lowest BCUT2D eigenvalue weighted by Gasteiger charge is -2.10. The first-order chi connectivity index (χ1) is 10.0. The van der Waals surface area contributed by atoms with Crippen molar-refractivity contribution in [1.82, 2.24) is 0 Å². The molecule has 0 N–H and O–H groups in total. The van der Waals surface area contributed by atoms with Crippen LogP contribution in [0.4, 0.5) is 5.69 Å². The number of ether oxygens (including phenoxy) is 1. The molecular formula is C15H11ClN2O3. The lowest BCUT2D eigenvalue weighted by molar-refractivity contribution is -0.385. The highest BCUT2D eigenvalue weighted by molar-refractivity contribution is 6.32. The highest BCUT2D eigenvalue weighted by Gasteiger charge is 2.13. The third-order valence-electron chi connectivity index (χ3n) is 3.06. The number of nitriles is 1. The molecule has 0 radical (unpaired) electrons. The van der Waals surface area contributed by atoms with Crippen molar-refractivity contribution < 1.29 is 9.66 Å². The van der Waals surface area contributed by atoms with E-state index in [0.717, 1.165) is 0 Å². The molecule has 0 aliphatic carbocycles. The molecule has 21 heavy (non-hydrogen) atoms. The standard InChI is InChI=1S/C15H11ClN2O3/c1-10-12(3-2-4-14(10)18(19)20)9-21-15-6-5-11(8-17)7-13(15)16/h2-7H,9H2,1H3. The fourth-order valence-electron chi connectivity index (χ4n) is 1.87. The van der Waals surface area contributed by atoms with E-state index in [1.807, 2.05) is 6.07 Å². The van der Waals surface area contributed by atoms with Crippen LogP contribution in [0.15, 0.2) is 36.4 Å². The SMILES string of the molecule is Cc1c(COc2ccc(C#N)cc2Cl)cccc1[N+](=O)[O-]. The molecule has 0 spiro atoms. The second-order valence-electron chi connectivity index (χ2n) is 4.36. The molecule has 0 amide bonds. The summed E-state index contributed by atoms with van der Waals surface area (Å²) in [5.41, 5.74) is 1.78. The number of nitro groups is 1. The molecule has 0 aliphatic heterocycles. The molecule has 2 aromatic carbocycles. The maximum absolute atomic E-state index is 10.9. The van der Waals surface area contributed by atoms with Crippen LogP contribution in [0.25, 0.3) is 0 Å². The fraction of sp³-hybridized carbons (Fsp3) is 0.133. The molecule has 5 nitrogen and oxygen atoms in total. The number of hydrogen-bond acceptors (Lipinski definition) is 4. The van der Waals surface area contributed by atoms with Crippen molar-refractivity contribution in [2.45, 2.75) is 13.5 Å². The van der Waals surface area contributed by atoms with Crippen molar-refractivity contribution >= 4 is 17.3 Å². The Morgan fingerprint density at radius 2 is 2.14 bits per heavy atom. The number of halogens is 1. The van der Waals surface area contributed by atoms with Gasteiger partial charge in [-0.2, -0.15) is 5.26 Å². The number of hydrogen-bond donors (Lipinski definition) is 0. The quantitative estimate of drug-likeness (QED) is 0.631. The Labute approximate surface area is 126 Å². The maximum atomic E-state index is 10.9. The van der Waals surface area contributed by atoms with E-state index < -0.39 is 4.92 Å². The Balaban J connectivity index is 2.19. The molecule has 0 saturated heterocycles. The third-order valence-corrected chi connectivity index (χ3v) is 3.35. The van der Waals surface area contributed by atoms with Crippen LogP contribution in [0, 0.1) is 28.4 Å². The molecule has 0 aromatic heterocycles. The molecule has 0 heterocycles. The molecule has 2 aromatic rings. The monoisotopic (exact) mass is 302 g/mol. The number of nitrogens with zero attached hydrogens (tertiary/aromatic N) is 2. The molecule has 0 fully saturated rings. The fourth-order valence-corrected chi connectivity index (χ4v) is 2.10. The summed E-state index contributed by atoms with van der Waals surface area (Å²) in [7, 11) is 0. The minimum absolute atomic E-state index is 0.0574. The zero-order valence-electron chi connectivity index (χ0n) is 11.2. The Morgan fingerprint density at radius 1 is 1.38 bits per heavy atom. The van der Waals surface area contributed by atoms with Gasteiger partial charge in [-0.05, 0) is 30.7 Å². The number of nitro benzene ring substituents is 1. The van der Waals surface area contributed by atoms with Gasteiger partial charge >= 0.3 is 0 Å². The summed E-state index contributed by atoms with van der Waals surface area (Å²) in [5.74, 6) is 0.432. The summed E-state index contributed by atoms with van der Waals surface area (Å²) in [6.45, 7) is 1.84. The van der Waals surface area contributed by atoms with Gasteiger partial charge in [0.05, 0.1) is 21.6 Å². The molecule has 2 rings (SSSR count). The summed E-state index contributed by atoms with van der Waals surface area (Å²) in [4.78, 5) is 10.5. The van der Waals surface area contributed by atoms with Crippen molar-refractivity contribution in [3.05, 3.63) is 68.2 Å². The Bertz CT molecular complexity index is 738. The van der Waals surface area contributed by atoms with Gasteiger partial charge < -0.3 is 4.74 Å². The van der Waals surface area contributed by atoms with Crippen LogP contribution in [0.5, 0.6) is 5.75 Å². The summed E-state index contributed by atoms with van der Waals surface area (Å²) >= 11 is 6.01. The first kappa shape index (κ1) is 14.8. The molecule has 0 saturated carbocycles. The van der Waals surface area contributed by atoms with Crippen LogP contribution < -0.4 is 4.74 Å². The average molecular weight is 303 g/mol. The molecular weight excluding hydrogens is 292 g/mol. The van der Waals surface area contributed by atoms with Crippen LogP contribution in [-0.2, 0) is 6.61 Å². The molecule has 6 heteroatoms. The Kier molecular flexibility index (Phi) is 4.41. The zero-order chi connectivity index (χ0) is 15.4. The predicted molar refractivity (Wildman–Crippen MR) is 78.3 cm³/mol. The van der Waals surface area contributed by atoms with Crippen LogP contribution in [-0.4, -0.2) is 4.92 Å². The van der Waals surface area contributed by atoms with Gasteiger partial charge in [-0.25, -0.2) is 0 Å². The normalized spacial score (nSPS) is 9.95. The number of benzene rings is 2. The van der Waals surface area contributed by atoms with Crippen molar-refractivity contribution in [2.24, 2.45) is 0 Å². The van der Waals surface area contributed by atoms with E-state index in [-0.39, 0.29) is 12.3 Å². The highest BCUT2D eigenvalue weighted by atomic mass is 35.5. The van der Waals surface area contributed by atoms with Gasteiger partial charge in [0.1, 0.15) is 12.4 Å². The summed E-state index contributed by atoms with van der Waals surface area (Å²) in [5, 5.41) is 20.0. The lowest BCUT2D eigenvalue weighted by Crippen LogP contribution is -2.01. The minimum atomic E-state index is -0.423. The smallest absolute Gasteiger partial charge is 0.272 e. The summed E-state index contributed by atoms with van der Waals surface area (Å²) < 4.78 is 5.57. The van der Waals surface area contributed by atoms with E-state index in [9.17, 15) is 10.1 Å². The van der Waals surface area contributed by atoms with Gasteiger partial charge in [-0.15, -0.1) is 0 Å². The van der Waals surface area contributed by atoms with Crippen LogP contribution in [0.1, 0.15) is 16.7 Å².